The van der Waals surface area contributed by atoms with E-state index in [0.717, 1.165) is 27.8 Å². The lowest BCUT2D eigenvalue weighted by Gasteiger charge is -2.17. The van der Waals surface area contributed by atoms with Crippen LogP contribution in [0.3, 0.4) is 0 Å². The molecule has 0 amide bonds. The highest BCUT2D eigenvalue weighted by Crippen LogP contribution is 2.42. The predicted molar refractivity (Wildman–Crippen MR) is 204 cm³/mol. The summed E-state index contributed by atoms with van der Waals surface area (Å²) in [6.45, 7) is 4.04. The van der Waals surface area contributed by atoms with Crippen LogP contribution in [0.4, 0.5) is 0 Å². The van der Waals surface area contributed by atoms with E-state index < -0.39 is 0 Å². The summed E-state index contributed by atoms with van der Waals surface area (Å²) >= 11 is 0. The second kappa shape index (κ2) is 13.5. The molecule has 0 aliphatic rings. The number of hydrogen-bond acceptors (Lipinski definition) is 6. The van der Waals surface area contributed by atoms with Crippen LogP contribution in [0.2, 0.25) is 0 Å². The average molecular weight is 645 g/mol. The van der Waals surface area contributed by atoms with Gasteiger partial charge in [0.05, 0.1) is 0 Å². The summed E-state index contributed by atoms with van der Waals surface area (Å²) in [5.74, 6) is 0. The highest BCUT2D eigenvalue weighted by molar-refractivity contribution is 6.27. The van der Waals surface area contributed by atoms with E-state index in [1.54, 1.807) is 12.7 Å². The van der Waals surface area contributed by atoms with Gasteiger partial charge in [0.2, 0.25) is 0 Å². The molecule has 9 aromatic rings. The molecule has 238 valence electrons. The summed E-state index contributed by atoms with van der Waals surface area (Å²) in [5.41, 5.74) is 11.4. The van der Waals surface area contributed by atoms with Crippen molar-refractivity contribution in [2.75, 3.05) is 0 Å². The van der Waals surface area contributed by atoms with Gasteiger partial charge in [0.15, 0.2) is 0 Å². The minimum atomic E-state index is 1.01. The Kier molecular flexibility index (Phi) is 8.25. The zero-order valence-electron chi connectivity index (χ0n) is 27.7. The Hall–Kier alpha value is -6.66. The summed E-state index contributed by atoms with van der Waals surface area (Å²) in [6, 6.07) is 35.4. The van der Waals surface area contributed by atoms with Gasteiger partial charge in [0.25, 0.3) is 0 Å². The maximum absolute atomic E-state index is 4.21. The topological polar surface area (TPSA) is 77.3 Å². The van der Waals surface area contributed by atoms with Gasteiger partial charge in [-0.15, -0.1) is 0 Å². The molecule has 0 fully saturated rings. The minimum absolute atomic E-state index is 1.01. The molecule has 0 unspecified atom stereocenters. The molecule has 0 spiro atoms. The van der Waals surface area contributed by atoms with Crippen molar-refractivity contribution in [3.63, 3.8) is 0 Å². The van der Waals surface area contributed by atoms with Crippen molar-refractivity contribution < 1.29 is 0 Å². The first kappa shape index (κ1) is 30.7. The zero-order valence-corrected chi connectivity index (χ0v) is 27.7. The Labute approximate surface area is 290 Å². The Balaban J connectivity index is 0.000000313. The molecule has 0 aliphatic heterocycles. The van der Waals surface area contributed by atoms with Crippen LogP contribution in [0.25, 0.3) is 82.4 Å². The van der Waals surface area contributed by atoms with Crippen molar-refractivity contribution in [3.8, 4) is 44.5 Å². The second-order valence-corrected chi connectivity index (χ2v) is 12.2. The molecule has 0 atom stereocenters. The van der Waals surface area contributed by atoms with Gasteiger partial charge in [0.1, 0.15) is 19.0 Å². The molecular formula is C44H32N6. The Morgan fingerprint density at radius 1 is 0.440 bits per heavy atom. The monoisotopic (exact) mass is 644 g/mol. The van der Waals surface area contributed by atoms with E-state index in [1.165, 1.54) is 66.5 Å². The second-order valence-electron chi connectivity index (χ2n) is 12.2. The van der Waals surface area contributed by atoms with E-state index in [9.17, 15) is 0 Å². The van der Waals surface area contributed by atoms with E-state index in [-0.39, 0.29) is 0 Å². The molecule has 0 aliphatic carbocycles. The van der Waals surface area contributed by atoms with Gasteiger partial charge in [-0.1, -0.05) is 97.1 Å². The lowest BCUT2D eigenvalue weighted by atomic mass is 9.87. The van der Waals surface area contributed by atoms with Crippen molar-refractivity contribution in [1.82, 2.24) is 29.9 Å². The fraction of sp³-hybridized carbons (Fsp3) is 0.0455. The molecule has 0 saturated heterocycles. The number of rotatable bonds is 5. The van der Waals surface area contributed by atoms with Crippen molar-refractivity contribution >= 4 is 37.9 Å². The van der Waals surface area contributed by atoms with Gasteiger partial charge in [-0.3, -0.25) is 0 Å². The highest BCUT2D eigenvalue weighted by atomic mass is 14.8. The molecule has 3 heterocycles. The van der Waals surface area contributed by atoms with Gasteiger partial charge in [0, 0.05) is 53.9 Å². The maximum Gasteiger partial charge on any atom is 0.115 e. The molecule has 6 aromatic carbocycles. The largest absolute Gasteiger partial charge is 0.244 e. The van der Waals surface area contributed by atoms with Crippen LogP contribution < -0.4 is 0 Å². The standard InChI is InChI=1S/C36H22N4.C8H10N2/c1-2-27(30-19-39-22-40-20-30)16-28(3-1)32-13-9-26-10-14-33-31(12-8-25-11-15-34(32)36(26)35(25)33)24-6-4-23(5-7-24)29-17-37-21-38-18-29;1-3-7(2)8-4-9-6-10-5-8/h1-22H;3-6H,1-2H3/b;7-3+. The Bertz CT molecular complexity index is 2580. The first-order valence-electron chi connectivity index (χ1n) is 16.5. The summed E-state index contributed by atoms with van der Waals surface area (Å²) in [5, 5.41) is 7.64. The molecular weight excluding hydrogens is 613 g/mol. The van der Waals surface area contributed by atoms with Crippen LogP contribution >= 0.6 is 0 Å². The van der Waals surface area contributed by atoms with Gasteiger partial charge < -0.3 is 0 Å². The van der Waals surface area contributed by atoms with Crippen LogP contribution in [0.1, 0.15) is 19.4 Å². The summed E-state index contributed by atoms with van der Waals surface area (Å²) in [4.78, 5) is 24.5. The first-order chi connectivity index (χ1) is 24.7. The van der Waals surface area contributed by atoms with Crippen LogP contribution in [0, 0.1) is 0 Å². The molecule has 0 N–H and O–H groups in total. The van der Waals surface area contributed by atoms with Gasteiger partial charge in [-0.2, -0.15) is 0 Å². The SMILES string of the molecule is C/C=C(\C)c1cncnc1.c1cc(-c2cncnc2)cc(-c2ccc3ccc4c(-c5ccc(-c6cncnc6)cc5)ccc5ccc2c3c54)c1. The van der Waals surface area contributed by atoms with Crippen LogP contribution in [0.5, 0.6) is 0 Å². The Morgan fingerprint density at radius 3 is 1.46 bits per heavy atom. The van der Waals surface area contributed by atoms with Gasteiger partial charge in [-0.25, -0.2) is 29.9 Å². The van der Waals surface area contributed by atoms with E-state index in [2.05, 4.69) is 127 Å². The third kappa shape index (κ3) is 5.84. The van der Waals surface area contributed by atoms with Crippen LogP contribution in [-0.2, 0) is 0 Å². The molecule has 0 bridgehead atoms. The molecule has 9 rings (SSSR count). The number of aromatic nitrogens is 6. The van der Waals surface area contributed by atoms with Crippen molar-refractivity contribution in [2.24, 2.45) is 0 Å². The number of hydrogen-bond donors (Lipinski definition) is 0. The third-order valence-electron chi connectivity index (χ3n) is 9.27. The Morgan fingerprint density at radius 2 is 0.900 bits per heavy atom. The van der Waals surface area contributed by atoms with Crippen LogP contribution in [-0.4, -0.2) is 29.9 Å². The van der Waals surface area contributed by atoms with Crippen LogP contribution in [0.15, 0.2) is 159 Å². The van der Waals surface area contributed by atoms with Gasteiger partial charge in [-0.05, 0) is 91.2 Å². The molecule has 3 aromatic heterocycles. The molecule has 0 saturated carbocycles. The number of benzene rings is 6. The molecule has 50 heavy (non-hydrogen) atoms. The highest BCUT2D eigenvalue weighted by Gasteiger charge is 2.15. The lowest BCUT2D eigenvalue weighted by Crippen LogP contribution is -1.90. The lowest BCUT2D eigenvalue weighted by molar-refractivity contribution is 1.15. The molecule has 0 radical (unpaired) electrons. The quantitative estimate of drug-likeness (QED) is 0.174. The summed E-state index contributed by atoms with van der Waals surface area (Å²) in [6.07, 6.45) is 17.7. The van der Waals surface area contributed by atoms with E-state index in [1.807, 2.05) is 57.1 Å². The van der Waals surface area contributed by atoms with E-state index in [4.69, 9.17) is 0 Å². The fourth-order valence-electron chi connectivity index (χ4n) is 6.58. The fourth-order valence-corrected chi connectivity index (χ4v) is 6.58. The molecule has 6 heteroatoms. The van der Waals surface area contributed by atoms with E-state index >= 15 is 0 Å². The number of nitrogens with zero attached hydrogens (tertiary/aromatic N) is 6. The van der Waals surface area contributed by atoms with Crippen molar-refractivity contribution in [2.45, 2.75) is 13.8 Å². The van der Waals surface area contributed by atoms with Gasteiger partial charge >= 0.3 is 0 Å². The zero-order chi connectivity index (χ0) is 33.9. The third-order valence-corrected chi connectivity index (χ3v) is 9.27. The smallest absolute Gasteiger partial charge is 0.115 e. The van der Waals surface area contributed by atoms with Crippen molar-refractivity contribution in [1.29, 1.82) is 0 Å². The van der Waals surface area contributed by atoms with Crippen molar-refractivity contribution in [3.05, 3.63) is 165 Å². The first-order valence-corrected chi connectivity index (χ1v) is 16.5. The molecule has 6 nitrogen and oxygen atoms in total. The minimum Gasteiger partial charge on any atom is -0.244 e. The summed E-state index contributed by atoms with van der Waals surface area (Å²) < 4.78 is 0. The average Bonchev–Trinajstić information content (AvgIpc) is 3.21. The van der Waals surface area contributed by atoms with E-state index in [0.29, 0.717) is 0 Å². The summed E-state index contributed by atoms with van der Waals surface area (Å²) in [7, 11) is 0. The maximum atomic E-state index is 4.21. The predicted octanol–water partition coefficient (Wildman–Crippen LogP) is 10.7. The number of allylic oxidation sites excluding steroid dienone is 2. The normalized spacial score (nSPS) is 11.5.